The van der Waals surface area contributed by atoms with Gasteiger partial charge in [-0.1, -0.05) is 18.2 Å². The van der Waals surface area contributed by atoms with E-state index in [0.717, 1.165) is 29.1 Å². The zero-order chi connectivity index (χ0) is 19.7. The number of aryl methyl sites for hydroxylation is 2. The van der Waals surface area contributed by atoms with E-state index in [1.165, 1.54) is 11.1 Å². The lowest BCUT2D eigenvalue weighted by Gasteiger charge is -2.23. The van der Waals surface area contributed by atoms with Crippen LogP contribution in [0.15, 0.2) is 48.7 Å². The van der Waals surface area contributed by atoms with Gasteiger partial charge < -0.3 is 10.1 Å². The van der Waals surface area contributed by atoms with E-state index in [2.05, 4.69) is 41.3 Å². The fourth-order valence-corrected chi connectivity index (χ4v) is 3.57. The van der Waals surface area contributed by atoms with Crippen molar-refractivity contribution in [2.45, 2.75) is 32.6 Å². The summed E-state index contributed by atoms with van der Waals surface area (Å²) in [5.74, 6) is 1.55. The second-order valence-electron chi connectivity index (χ2n) is 7.28. The number of methoxy groups -OCH3 is 1. The Labute approximate surface area is 164 Å². The zero-order valence-electron chi connectivity index (χ0n) is 16.3. The summed E-state index contributed by atoms with van der Waals surface area (Å²) in [4.78, 5) is 21.6. The van der Waals surface area contributed by atoms with Crippen molar-refractivity contribution in [2.24, 2.45) is 0 Å². The third-order valence-electron chi connectivity index (χ3n) is 5.39. The van der Waals surface area contributed by atoms with E-state index in [4.69, 9.17) is 4.74 Å². The molecule has 0 radical (unpaired) electrons. The van der Waals surface area contributed by atoms with E-state index in [-0.39, 0.29) is 11.7 Å². The molecule has 1 aliphatic carbocycles. The number of aromatic nitrogens is 2. The molecule has 3 aromatic rings. The summed E-state index contributed by atoms with van der Waals surface area (Å²) in [7, 11) is 1.65. The average molecular weight is 373 g/mol. The highest BCUT2D eigenvalue weighted by atomic mass is 16.5. The minimum atomic E-state index is 0.0970. The molecule has 28 heavy (non-hydrogen) atoms. The molecule has 0 saturated heterocycles. The summed E-state index contributed by atoms with van der Waals surface area (Å²) >= 11 is 0. The lowest BCUT2D eigenvalue weighted by molar-refractivity contribution is 0.0962. The number of ether oxygens (including phenoxy) is 1. The van der Waals surface area contributed by atoms with Crippen molar-refractivity contribution in [3.05, 3.63) is 76.6 Å². The van der Waals surface area contributed by atoms with E-state index >= 15 is 0 Å². The van der Waals surface area contributed by atoms with Crippen LogP contribution >= 0.6 is 0 Å². The van der Waals surface area contributed by atoms with Gasteiger partial charge in [-0.2, -0.15) is 0 Å². The molecular weight excluding hydrogens is 350 g/mol. The second kappa shape index (κ2) is 7.43. The molecule has 5 heteroatoms. The Morgan fingerprint density at radius 3 is 2.54 bits per heavy atom. The van der Waals surface area contributed by atoms with Crippen LogP contribution in [0.3, 0.4) is 0 Å². The quantitative estimate of drug-likeness (QED) is 0.714. The maximum absolute atomic E-state index is 12.6. The predicted molar refractivity (Wildman–Crippen MR) is 110 cm³/mol. The second-order valence-corrected chi connectivity index (χ2v) is 7.28. The van der Waals surface area contributed by atoms with Gasteiger partial charge in [-0.05, 0) is 67.1 Å². The van der Waals surface area contributed by atoms with Crippen LogP contribution in [0.2, 0.25) is 0 Å². The largest absolute Gasteiger partial charge is 0.497 e. The fraction of sp³-hybridized carbons (Fsp3) is 0.261. The first-order chi connectivity index (χ1) is 13.5. The van der Waals surface area contributed by atoms with Crippen molar-refractivity contribution in [1.82, 2.24) is 9.97 Å². The van der Waals surface area contributed by atoms with E-state index in [9.17, 15) is 4.79 Å². The number of nitrogens with one attached hydrogen (secondary N) is 1. The molecule has 0 spiro atoms. The van der Waals surface area contributed by atoms with Crippen molar-refractivity contribution in [2.75, 3.05) is 12.4 Å². The first-order valence-corrected chi connectivity index (χ1v) is 9.41. The highest BCUT2D eigenvalue weighted by molar-refractivity contribution is 5.98. The number of benzene rings is 2. The molecule has 0 amide bonds. The predicted octanol–water partition coefficient (Wildman–Crippen LogP) is 4.76. The summed E-state index contributed by atoms with van der Waals surface area (Å²) in [5.41, 5.74) is 5.95. The molecule has 1 aliphatic rings. The van der Waals surface area contributed by atoms with Crippen LogP contribution in [0, 0.1) is 13.8 Å². The molecule has 2 aromatic carbocycles. The molecule has 1 unspecified atom stereocenters. The van der Waals surface area contributed by atoms with E-state index in [1.54, 1.807) is 13.3 Å². The van der Waals surface area contributed by atoms with Crippen LogP contribution < -0.4 is 10.1 Å². The SMILES string of the molecule is COc1ccc(C2CC(=O)c3cnc(Nc4ccc(C)c(C)c4)nc3C2)cc1. The van der Waals surface area contributed by atoms with Crippen LogP contribution in [-0.2, 0) is 6.42 Å². The van der Waals surface area contributed by atoms with Gasteiger partial charge in [-0.25, -0.2) is 9.97 Å². The van der Waals surface area contributed by atoms with Crippen molar-refractivity contribution in [1.29, 1.82) is 0 Å². The Bertz CT molecular complexity index is 1030. The molecular formula is C23H23N3O2. The number of carbonyl (C=O) groups is 1. The van der Waals surface area contributed by atoms with Gasteiger partial charge in [0.15, 0.2) is 5.78 Å². The number of fused-ring (bicyclic) bond motifs is 1. The number of anilines is 2. The van der Waals surface area contributed by atoms with Gasteiger partial charge in [0.25, 0.3) is 0 Å². The van der Waals surface area contributed by atoms with Crippen LogP contribution in [0.4, 0.5) is 11.6 Å². The van der Waals surface area contributed by atoms with Crippen LogP contribution in [0.5, 0.6) is 5.75 Å². The monoisotopic (exact) mass is 373 g/mol. The molecule has 5 nitrogen and oxygen atoms in total. The summed E-state index contributed by atoms with van der Waals surface area (Å²) in [5, 5.41) is 3.26. The van der Waals surface area contributed by atoms with Gasteiger partial charge in [0, 0.05) is 18.3 Å². The van der Waals surface area contributed by atoms with Crippen molar-refractivity contribution >= 4 is 17.4 Å². The molecule has 0 saturated carbocycles. The highest BCUT2D eigenvalue weighted by Gasteiger charge is 2.28. The van der Waals surface area contributed by atoms with Gasteiger partial charge in [0.2, 0.25) is 5.95 Å². The number of rotatable bonds is 4. The van der Waals surface area contributed by atoms with Crippen LogP contribution in [0.25, 0.3) is 0 Å². The molecule has 4 rings (SSSR count). The average Bonchev–Trinajstić information content (AvgIpc) is 2.70. The first-order valence-electron chi connectivity index (χ1n) is 9.41. The third-order valence-corrected chi connectivity index (χ3v) is 5.39. The standard InChI is InChI=1S/C23H23N3O2/c1-14-4-7-18(10-15(14)2)25-23-24-13-20-21(26-23)11-17(12-22(20)27)16-5-8-19(28-3)9-6-16/h4-10,13,17H,11-12H2,1-3H3,(H,24,25,26). The van der Waals surface area contributed by atoms with Crippen molar-refractivity contribution in [3.63, 3.8) is 0 Å². The maximum atomic E-state index is 12.6. The van der Waals surface area contributed by atoms with Gasteiger partial charge >= 0.3 is 0 Å². The topological polar surface area (TPSA) is 64.1 Å². The summed E-state index contributed by atoms with van der Waals surface area (Å²) < 4.78 is 5.23. The Morgan fingerprint density at radius 1 is 1.04 bits per heavy atom. The zero-order valence-corrected chi connectivity index (χ0v) is 16.3. The van der Waals surface area contributed by atoms with Crippen molar-refractivity contribution < 1.29 is 9.53 Å². The van der Waals surface area contributed by atoms with Gasteiger partial charge in [0.1, 0.15) is 5.75 Å². The Hall–Kier alpha value is -3.21. The summed E-state index contributed by atoms with van der Waals surface area (Å²) in [6.45, 7) is 4.16. The molecule has 142 valence electrons. The summed E-state index contributed by atoms with van der Waals surface area (Å²) in [6, 6.07) is 14.1. The molecule has 0 fully saturated rings. The number of ketones is 1. The number of hydrogen-bond donors (Lipinski definition) is 1. The van der Waals surface area contributed by atoms with Crippen LogP contribution in [-0.4, -0.2) is 22.9 Å². The van der Waals surface area contributed by atoms with E-state index in [0.29, 0.717) is 17.9 Å². The normalized spacial score (nSPS) is 15.8. The lowest BCUT2D eigenvalue weighted by atomic mass is 9.82. The van der Waals surface area contributed by atoms with Crippen molar-refractivity contribution in [3.8, 4) is 5.75 Å². The van der Waals surface area contributed by atoms with Crippen LogP contribution in [0.1, 0.15) is 45.1 Å². The Kier molecular flexibility index (Phi) is 4.82. The van der Waals surface area contributed by atoms with E-state index in [1.807, 2.05) is 30.3 Å². The molecule has 1 aromatic heterocycles. The number of nitrogens with zero attached hydrogens (tertiary/aromatic N) is 2. The third kappa shape index (κ3) is 3.60. The maximum Gasteiger partial charge on any atom is 0.227 e. The minimum Gasteiger partial charge on any atom is -0.497 e. The van der Waals surface area contributed by atoms with Gasteiger partial charge in [-0.3, -0.25) is 4.79 Å². The Balaban J connectivity index is 1.58. The lowest BCUT2D eigenvalue weighted by Crippen LogP contribution is -2.21. The smallest absolute Gasteiger partial charge is 0.227 e. The minimum absolute atomic E-state index is 0.0970. The number of Topliss-reactive ketones (excluding diaryl/α,β-unsaturated/α-hetero) is 1. The molecule has 1 atom stereocenters. The fourth-order valence-electron chi connectivity index (χ4n) is 3.57. The Morgan fingerprint density at radius 2 is 1.82 bits per heavy atom. The molecule has 0 aliphatic heterocycles. The summed E-state index contributed by atoms with van der Waals surface area (Å²) in [6.07, 6.45) is 2.85. The molecule has 0 bridgehead atoms. The molecule has 1 heterocycles. The number of hydrogen-bond acceptors (Lipinski definition) is 5. The first kappa shape index (κ1) is 18.2. The molecule has 1 N–H and O–H groups in total. The van der Waals surface area contributed by atoms with E-state index < -0.39 is 0 Å². The highest BCUT2D eigenvalue weighted by Crippen LogP contribution is 2.33. The number of carbonyl (C=O) groups excluding carboxylic acids is 1. The van der Waals surface area contributed by atoms with Gasteiger partial charge in [0.05, 0.1) is 18.4 Å². The van der Waals surface area contributed by atoms with Gasteiger partial charge in [-0.15, -0.1) is 0 Å².